The van der Waals surface area contributed by atoms with E-state index in [-0.39, 0.29) is 18.3 Å². The summed E-state index contributed by atoms with van der Waals surface area (Å²) in [7, 11) is 1.85. The van der Waals surface area contributed by atoms with Gasteiger partial charge in [-0.2, -0.15) is 0 Å². The number of amides is 1. The van der Waals surface area contributed by atoms with E-state index in [9.17, 15) is 9.90 Å². The Morgan fingerprint density at radius 3 is 2.83 bits per heavy atom. The molecule has 0 spiro atoms. The van der Waals surface area contributed by atoms with Crippen molar-refractivity contribution in [1.82, 2.24) is 5.32 Å². The molecular weight excluding hydrogens is 232 g/mol. The van der Waals surface area contributed by atoms with Crippen LogP contribution in [0.5, 0.6) is 11.5 Å². The topological polar surface area (TPSA) is 62.4 Å². The maximum atomic E-state index is 11.5. The van der Waals surface area contributed by atoms with Gasteiger partial charge < -0.3 is 15.2 Å². The van der Waals surface area contributed by atoms with E-state index in [4.69, 9.17) is 4.74 Å². The first-order chi connectivity index (χ1) is 8.41. The van der Waals surface area contributed by atoms with Crippen LogP contribution < -0.4 is 14.6 Å². The third kappa shape index (κ3) is 3.91. The fourth-order valence-corrected chi connectivity index (χ4v) is 1.40. The molecule has 0 aromatic carbocycles. The van der Waals surface area contributed by atoms with Gasteiger partial charge in [-0.25, -0.2) is 4.57 Å². The van der Waals surface area contributed by atoms with Crippen LogP contribution in [0, 0.1) is 12.8 Å². The minimum atomic E-state index is -0.186. The fourth-order valence-electron chi connectivity index (χ4n) is 1.40. The predicted molar refractivity (Wildman–Crippen MR) is 67.4 cm³/mol. The number of aromatic nitrogens is 1. The molecule has 100 valence electrons. The second kappa shape index (κ2) is 6.23. The minimum absolute atomic E-state index is 0.0438. The van der Waals surface area contributed by atoms with Crippen LogP contribution in [0.15, 0.2) is 12.3 Å². The summed E-state index contributed by atoms with van der Waals surface area (Å²) in [4.78, 5) is 11.5. The molecule has 5 nitrogen and oxygen atoms in total. The Morgan fingerprint density at radius 1 is 1.56 bits per heavy atom. The maximum absolute atomic E-state index is 11.5. The first-order valence-corrected chi connectivity index (χ1v) is 5.99. The van der Waals surface area contributed by atoms with Crippen molar-refractivity contribution in [2.45, 2.75) is 20.8 Å². The van der Waals surface area contributed by atoms with Gasteiger partial charge in [0.25, 0.3) is 5.91 Å². The van der Waals surface area contributed by atoms with E-state index in [0.29, 0.717) is 18.2 Å². The number of carbonyl (C=O) groups excluding carboxylic acids is 1. The van der Waals surface area contributed by atoms with Gasteiger partial charge in [0.1, 0.15) is 7.05 Å². The Bertz CT molecular complexity index is 430. The monoisotopic (exact) mass is 253 g/mol. The quantitative estimate of drug-likeness (QED) is 0.758. The highest BCUT2D eigenvalue weighted by Gasteiger charge is 2.16. The largest absolute Gasteiger partial charge is 0.504 e. The van der Waals surface area contributed by atoms with Gasteiger partial charge in [0.2, 0.25) is 11.4 Å². The lowest BCUT2D eigenvalue weighted by Crippen LogP contribution is -2.34. The minimum Gasteiger partial charge on any atom is -0.504 e. The molecule has 18 heavy (non-hydrogen) atoms. The molecule has 1 aromatic heterocycles. The van der Waals surface area contributed by atoms with E-state index in [1.54, 1.807) is 6.20 Å². The van der Waals surface area contributed by atoms with Crippen molar-refractivity contribution in [2.75, 3.05) is 13.2 Å². The van der Waals surface area contributed by atoms with Crippen molar-refractivity contribution in [3.63, 3.8) is 0 Å². The molecular formula is C13H21N2O3+. The molecule has 1 amide bonds. The number of hydrogen-bond donors (Lipinski definition) is 2. The Morgan fingerprint density at radius 2 is 2.22 bits per heavy atom. The van der Waals surface area contributed by atoms with Gasteiger partial charge in [-0.1, -0.05) is 13.8 Å². The number of nitrogens with one attached hydrogen (secondary N) is 1. The number of ether oxygens (including phenoxy) is 1. The Labute approximate surface area is 107 Å². The van der Waals surface area contributed by atoms with Crippen LogP contribution in [0.4, 0.5) is 0 Å². The summed E-state index contributed by atoms with van der Waals surface area (Å²) in [5.74, 6) is 0.606. The van der Waals surface area contributed by atoms with Crippen molar-refractivity contribution in [1.29, 1.82) is 0 Å². The van der Waals surface area contributed by atoms with Gasteiger partial charge in [-0.15, -0.1) is 0 Å². The van der Waals surface area contributed by atoms with E-state index in [2.05, 4.69) is 5.32 Å². The second-order valence-electron chi connectivity index (χ2n) is 4.71. The van der Waals surface area contributed by atoms with Crippen LogP contribution in [0.2, 0.25) is 0 Å². The van der Waals surface area contributed by atoms with Gasteiger partial charge >= 0.3 is 0 Å². The van der Waals surface area contributed by atoms with Crippen molar-refractivity contribution >= 4 is 5.91 Å². The van der Waals surface area contributed by atoms with Crippen LogP contribution >= 0.6 is 0 Å². The molecule has 0 bridgehead atoms. The standard InChI is InChI=1S/C13H20N2O3/c1-9(2)7-14-12(17)8-18-13-10(3)15(4)6-5-11(13)16/h5-6,9H,7-8H2,1-4H3,(H,14,17)/p+1. The highest BCUT2D eigenvalue weighted by atomic mass is 16.5. The fraction of sp³-hybridized carbons (Fsp3) is 0.538. The number of nitrogens with zero attached hydrogens (tertiary/aromatic N) is 1. The SMILES string of the molecule is Cc1c(OCC(=O)NCC(C)C)c(O)cc[n+]1C. The zero-order valence-corrected chi connectivity index (χ0v) is 11.4. The molecule has 0 atom stereocenters. The molecule has 5 heteroatoms. The average Bonchev–Trinajstić information content (AvgIpc) is 2.31. The molecule has 1 aromatic rings. The summed E-state index contributed by atoms with van der Waals surface area (Å²) in [6.45, 7) is 6.39. The summed E-state index contributed by atoms with van der Waals surface area (Å²) in [6.07, 6.45) is 1.73. The average molecular weight is 253 g/mol. The summed E-state index contributed by atoms with van der Waals surface area (Å²) >= 11 is 0. The Balaban J connectivity index is 2.58. The van der Waals surface area contributed by atoms with Gasteiger partial charge in [-0.3, -0.25) is 4.79 Å². The van der Waals surface area contributed by atoms with Gasteiger partial charge in [0, 0.05) is 19.5 Å². The zero-order chi connectivity index (χ0) is 13.7. The third-order valence-corrected chi connectivity index (χ3v) is 2.60. The van der Waals surface area contributed by atoms with Crippen LogP contribution in [-0.4, -0.2) is 24.2 Å². The first-order valence-electron chi connectivity index (χ1n) is 5.99. The molecule has 0 saturated carbocycles. The molecule has 1 rings (SSSR count). The highest BCUT2D eigenvalue weighted by molar-refractivity contribution is 5.77. The van der Waals surface area contributed by atoms with E-state index in [1.807, 2.05) is 32.4 Å². The van der Waals surface area contributed by atoms with Crippen LogP contribution in [0.1, 0.15) is 19.5 Å². The highest BCUT2D eigenvalue weighted by Crippen LogP contribution is 2.26. The molecule has 0 aliphatic heterocycles. The first kappa shape index (κ1) is 14.3. The number of hydrogen-bond acceptors (Lipinski definition) is 3. The smallest absolute Gasteiger partial charge is 0.257 e. The van der Waals surface area contributed by atoms with Crippen molar-refractivity contribution in [3.05, 3.63) is 18.0 Å². The molecule has 0 aliphatic carbocycles. The summed E-state index contributed by atoms with van der Waals surface area (Å²) in [6, 6.07) is 1.54. The van der Waals surface area contributed by atoms with Crippen molar-refractivity contribution in [3.8, 4) is 11.5 Å². The summed E-state index contributed by atoms with van der Waals surface area (Å²) in [5.41, 5.74) is 0.770. The third-order valence-electron chi connectivity index (χ3n) is 2.60. The maximum Gasteiger partial charge on any atom is 0.257 e. The van der Waals surface area contributed by atoms with Crippen molar-refractivity contribution in [2.24, 2.45) is 13.0 Å². The Kier molecular flexibility index (Phi) is 4.95. The molecule has 0 aliphatic rings. The normalized spacial score (nSPS) is 10.5. The number of pyridine rings is 1. The van der Waals surface area contributed by atoms with E-state index >= 15 is 0 Å². The van der Waals surface area contributed by atoms with Gasteiger partial charge in [0.15, 0.2) is 18.6 Å². The second-order valence-corrected chi connectivity index (χ2v) is 4.71. The van der Waals surface area contributed by atoms with Crippen LogP contribution in [0.25, 0.3) is 0 Å². The van der Waals surface area contributed by atoms with E-state index in [1.165, 1.54) is 6.07 Å². The molecule has 0 saturated heterocycles. The molecule has 0 unspecified atom stereocenters. The Hall–Kier alpha value is -1.78. The molecule has 0 radical (unpaired) electrons. The van der Waals surface area contributed by atoms with Gasteiger partial charge in [0.05, 0.1) is 0 Å². The molecule has 0 fully saturated rings. The summed E-state index contributed by atoms with van der Waals surface area (Å²) in [5, 5.41) is 12.4. The molecule has 1 heterocycles. The zero-order valence-electron chi connectivity index (χ0n) is 11.4. The number of aryl methyl sites for hydroxylation is 1. The molecule has 2 N–H and O–H groups in total. The lowest BCUT2D eigenvalue weighted by Gasteiger charge is -2.10. The lowest BCUT2D eigenvalue weighted by atomic mass is 10.2. The predicted octanol–water partition coefficient (Wildman–Crippen LogP) is 0.676. The summed E-state index contributed by atoms with van der Waals surface area (Å²) < 4.78 is 7.18. The van der Waals surface area contributed by atoms with E-state index in [0.717, 1.165) is 5.69 Å². The van der Waals surface area contributed by atoms with Gasteiger partial charge in [-0.05, 0) is 5.92 Å². The number of aromatic hydroxyl groups is 1. The number of rotatable bonds is 5. The van der Waals surface area contributed by atoms with Crippen LogP contribution in [0.3, 0.4) is 0 Å². The van der Waals surface area contributed by atoms with Crippen molar-refractivity contribution < 1.29 is 19.2 Å². The van der Waals surface area contributed by atoms with E-state index < -0.39 is 0 Å². The van der Waals surface area contributed by atoms with Crippen LogP contribution in [-0.2, 0) is 11.8 Å². The lowest BCUT2D eigenvalue weighted by molar-refractivity contribution is -0.678. The number of carbonyl (C=O) groups is 1.